The lowest BCUT2D eigenvalue weighted by Crippen LogP contribution is -2.45. The van der Waals surface area contributed by atoms with Gasteiger partial charge < -0.3 is 10.2 Å². The molecule has 0 aliphatic carbocycles. The first-order valence-electron chi connectivity index (χ1n) is 7.39. The second kappa shape index (κ2) is 9.51. The van der Waals surface area contributed by atoms with Crippen LogP contribution in [0.25, 0.3) is 0 Å². The summed E-state index contributed by atoms with van der Waals surface area (Å²) in [4.78, 5) is 6.75. The largest absolute Gasteiger partial charge is 0.356 e. The number of likely N-dealkylation sites (tertiary alicyclic amines) is 1. The third kappa shape index (κ3) is 6.02. The summed E-state index contributed by atoms with van der Waals surface area (Å²) in [7, 11) is 1.86. The Morgan fingerprint density at radius 1 is 1.38 bits per heavy atom. The van der Waals surface area contributed by atoms with E-state index < -0.39 is 0 Å². The zero-order chi connectivity index (χ0) is 14.4. The first-order chi connectivity index (χ1) is 9.69. The van der Waals surface area contributed by atoms with Crippen LogP contribution in [0.5, 0.6) is 0 Å². The Balaban J connectivity index is 0.00000220. The fourth-order valence-electron chi connectivity index (χ4n) is 2.56. The molecule has 0 atom stereocenters. The molecule has 1 N–H and O–H groups in total. The second-order valence-electron chi connectivity index (χ2n) is 5.52. The Kier molecular flexibility index (Phi) is 8.41. The third-order valence-electron chi connectivity index (χ3n) is 3.88. The number of hydrogen-bond donors (Lipinski definition) is 1. The molecule has 1 aliphatic rings. The molecule has 1 heterocycles. The minimum Gasteiger partial charge on any atom is -0.356 e. The van der Waals surface area contributed by atoms with Gasteiger partial charge in [-0.15, -0.1) is 24.0 Å². The number of piperidine rings is 1. The summed E-state index contributed by atoms with van der Waals surface area (Å²) < 4.78 is 0. The molecule has 5 heteroatoms. The van der Waals surface area contributed by atoms with Gasteiger partial charge in [0.25, 0.3) is 0 Å². The zero-order valence-electron chi connectivity index (χ0n) is 12.8. The Bertz CT molecular complexity index is 457. The van der Waals surface area contributed by atoms with Crippen molar-refractivity contribution in [1.29, 1.82) is 0 Å². The lowest BCUT2D eigenvalue weighted by atomic mass is 10.00. The minimum absolute atomic E-state index is 0. The van der Waals surface area contributed by atoms with Crippen molar-refractivity contribution >= 4 is 41.5 Å². The van der Waals surface area contributed by atoms with Gasteiger partial charge in [-0.3, -0.25) is 4.99 Å². The van der Waals surface area contributed by atoms with Crippen molar-refractivity contribution in [1.82, 2.24) is 10.2 Å². The van der Waals surface area contributed by atoms with Gasteiger partial charge in [-0.1, -0.05) is 30.7 Å². The first kappa shape index (κ1) is 18.6. The second-order valence-corrected chi connectivity index (χ2v) is 5.96. The van der Waals surface area contributed by atoms with Crippen LogP contribution in [0.15, 0.2) is 29.3 Å². The van der Waals surface area contributed by atoms with Crippen molar-refractivity contribution < 1.29 is 0 Å². The molecule has 0 spiro atoms. The molecule has 1 aromatic carbocycles. The van der Waals surface area contributed by atoms with Crippen molar-refractivity contribution in [2.75, 3.05) is 26.7 Å². The van der Waals surface area contributed by atoms with E-state index in [9.17, 15) is 0 Å². The molecule has 3 nitrogen and oxygen atoms in total. The Morgan fingerprint density at radius 2 is 2.10 bits per heavy atom. The van der Waals surface area contributed by atoms with Crippen molar-refractivity contribution in [2.24, 2.45) is 10.9 Å². The van der Waals surface area contributed by atoms with Crippen molar-refractivity contribution in [3.05, 3.63) is 34.9 Å². The van der Waals surface area contributed by atoms with E-state index in [1.54, 1.807) is 0 Å². The van der Waals surface area contributed by atoms with Crippen LogP contribution in [-0.2, 0) is 6.42 Å². The van der Waals surface area contributed by atoms with E-state index in [-0.39, 0.29) is 24.0 Å². The van der Waals surface area contributed by atoms with Crippen LogP contribution < -0.4 is 5.32 Å². The average Bonchev–Trinajstić information content (AvgIpc) is 2.45. The van der Waals surface area contributed by atoms with Gasteiger partial charge in [-0.25, -0.2) is 0 Å². The van der Waals surface area contributed by atoms with Gasteiger partial charge in [-0.2, -0.15) is 0 Å². The molecule has 1 aromatic rings. The maximum atomic E-state index is 6.00. The van der Waals surface area contributed by atoms with Gasteiger partial charge >= 0.3 is 0 Å². The van der Waals surface area contributed by atoms with E-state index in [2.05, 4.69) is 28.2 Å². The number of aliphatic imine (C=N–C) groups is 1. The van der Waals surface area contributed by atoms with Gasteiger partial charge in [0, 0.05) is 31.7 Å². The number of nitrogens with one attached hydrogen (secondary N) is 1. The molecular weight excluding hydrogens is 397 g/mol. The summed E-state index contributed by atoms with van der Waals surface area (Å²) in [5, 5.41) is 4.26. The van der Waals surface area contributed by atoms with Gasteiger partial charge in [0.2, 0.25) is 0 Å². The van der Waals surface area contributed by atoms with Crippen molar-refractivity contribution in [3.63, 3.8) is 0 Å². The quantitative estimate of drug-likeness (QED) is 0.457. The monoisotopic (exact) mass is 421 g/mol. The van der Waals surface area contributed by atoms with Gasteiger partial charge in [0.05, 0.1) is 0 Å². The summed E-state index contributed by atoms with van der Waals surface area (Å²) >= 11 is 6.00. The lowest BCUT2D eigenvalue weighted by Gasteiger charge is -2.32. The molecule has 0 saturated carbocycles. The Morgan fingerprint density at radius 3 is 2.71 bits per heavy atom. The molecule has 2 rings (SSSR count). The summed E-state index contributed by atoms with van der Waals surface area (Å²) in [6, 6.07) is 8.04. The molecule has 21 heavy (non-hydrogen) atoms. The highest BCUT2D eigenvalue weighted by Crippen LogP contribution is 2.16. The predicted molar refractivity (Wildman–Crippen MR) is 102 cm³/mol. The highest BCUT2D eigenvalue weighted by molar-refractivity contribution is 14.0. The van der Waals surface area contributed by atoms with Crippen LogP contribution in [0.1, 0.15) is 25.3 Å². The summed E-state index contributed by atoms with van der Waals surface area (Å²) in [6.07, 6.45) is 3.48. The SMILES string of the molecule is CN=C(NCCc1cccc(Cl)c1)N1CCC(C)CC1.I. The number of guanidine groups is 1. The predicted octanol–water partition coefficient (Wildman–Crippen LogP) is 3.81. The van der Waals surface area contributed by atoms with E-state index in [1.165, 1.54) is 18.4 Å². The molecule has 1 saturated heterocycles. The number of benzene rings is 1. The fourth-order valence-corrected chi connectivity index (χ4v) is 2.78. The summed E-state index contributed by atoms with van der Waals surface area (Å²) in [5.74, 6) is 1.87. The van der Waals surface area contributed by atoms with Crippen molar-refractivity contribution in [3.8, 4) is 0 Å². The van der Waals surface area contributed by atoms with Crippen molar-refractivity contribution in [2.45, 2.75) is 26.2 Å². The van der Waals surface area contributed by atoms with E-state index in [0.717, 1.165) is 43.0 Å². The number of hydrogen-bond acceptors (Lipinski definition) is 1. The van der Waals surface area contributed by atoms with Crippen LogP contribution in [-0.4, -0.2) is 37.5 Å². The summed E-state index contributed by atoms with van der Waals surface area (Å²) in [5.41, 5.74) is 1.26. The molecular formula is C16H25ClIN3. The normalized spacial score (nSPS) is 16.5. The minimum atomic E-state index is 0. The highest BCUT2D eigenvalue weighted by atomic mass is 127. The standard InChI is InChI=1S/C16H24ClN3.HI/c1-13-7-10-20(11-8-13)16(18-2)19-9-6-14-4-3-5-15(17)12-14;/h3-5,12-13H,6-11H2,1-2H3,(H,18,19);1H. The Labute approximate surface area is 150 Å². The zero-order valence-corrected chi connectivity index (χ0v) is 15.9. The molecule has 0 unspecified atom stereocenters. The maximum Gasteiger partial charge on any atom is 0.193 e. The average molecular weight is 422 g/mol. The molecule has 0 radical (unpaired) electrons. The van der Waals surface area contributed by atoms with Gasteiger partial charge in [0.15, 0.2) is 5.96 Å². The third-order valence-corrected chi connectivity index (χ3v) is 4.12. The molecule has 0 bridgehead atoms. The molecule has 1 fully saturated rings. The van der Waals surface area contributed by atoms with E-state index in [1.807, 2.05) is 25.2 Å². The van der Waals surface area contributed by atoms with Crippen LogP contribution in [0.2, 0.25) is 5.02 Å². The lowest BCUT2D eigenvalue weighted by molar-refractivity contribution is 0.273. The van der Waals surface area contributed by atoms with E-state index >= 15 is 0 Å². The maximum absolute atomic E-state index is 6.00. The molecule has 0 amide bonds. The number of rotatable bonds is 3. The van der Waals surface area contributed by atoms with Crippen LogP contribution in [0.3, 0.4) is 0 Å². The fraction of sp³-hybridized carbons (Fsp3) is 0.562. The van der Waals surface area contributed by atoms with Crippen LogP contribution in [0, 0.1) is 5.92 Å². The number of nitrogens with zero attached hydrogens (tertiary/aromatic N) is 2. The first-order valence-corrected chi connectivity index (χ1v) is 7.77. The van der Waals surface area contributed by atoms with Crippen LogP contribution in [0.4, 0.5) is 0 Å². The molecule has 118 valence electrons. The van der Waals surface area contributed by atoms with Gasteiger partial charge in [-0.05, 0) is 42.9 Å². The smallest absolute Gasteiger partial charge is 0.193 e. The van der Waals surface area contributed by atoms with Gasteiger partial charge in [0.1, 0.15) is 0 Å². The molecule has 0 aromatic heterocycles. The van der Waals surface area contributed by atoms with Crippen LogP contribution >= 0.6 is 35.6 Å². The van der Waals surface area contributed by atoms with E-state index in [0.29, 0.717) is 0 Å². The molecule has 1 aliphatic heterocycles. The number of halogens is 2. The Hall–Kier alpha value is -0.490. The van der Waals surface area contributed by atoms with E-state index in [4.69, 9.17) is 11.6 Å². The highest BCUT2D eigenvalue weighted by Gasteiger charge is 2.18. The summed E-state index contributed by atoms with van der Waals surface area (Å²) in [6.45, 7) is 5.43. The topological polar surface area (TPSA) is 27.6 Å².